The van der Waals surface area contributed by atoms with Gasteiger partial charge in [-0.2, -0.15) is 0 Å². The molecule has 2 aliphatic rings. The molecule has 2 aliphatic heterocycles. The zero-order valence-electron chi connectivity index (χ0n) is 16.2. The molecule has 0 bridgehead atoms. The molecular formula is C22H20N2O5S. The second-order valence-electron chi connectivity index (χ2n) is 7.08. The van der Waals surface area contributed by atoms with E-state index in [9.17, 15) is 9.59 Å². The molecule has 0 saturated carbocycles. The van der Waals surface area contributed by atoms with Crippen LogP contribution in [-0.4, -0.2) is 61.0 Å². The van der Waals surface area contributed by atoms with Crippen molar-refractivity contribution in [3.05, 3.63) is 59.4 Å². The predicted octanol–water partition coefficient (Wildman–Crippen LogP) is 3.38. The molecular weight excluding hydrogens is 404 g/mol. The van der Waals surface area contributed by atoms with Crippen LogP contribution in [0.15, 0.2) is 53.1 Å². The fourth-order valence-corrected chi connectivity index (χ4v) is 4.60. The number of furan rings is 1. The highest BCUT2D eigenvalue weighted by Gasteiger charge is 2.27. The van der Waals surface area contributed by atoms with Gasteiger partial charge in [-0.25, -0.2) is 0 Å². The van der Waals surface area contributed by atoms with Gasteiger partial charge < -0.3 is 23.7 Å². The zero-order valence-corrected chi connectivity index (χ0v) is 17.0. The molecule has 154 valence electrons. The maximum Gasteiger partial charge on any atom is 0.289 e. The number of thiophene rings is 1. The van der Waals surface area contributed by atoms with Crippen molar-refractivity contribution in [2.45, 2.75) is 0 Å². The third-order valence-corrected chi connectivity index (χ3v) is 6.35. The van der Waals surface area contributed by atoms with Crippen LogP contribution in [0, 0.1) is 0 Å². The zero-order chi connectivity index (χ0) is 20.5. The van der Waals surface area contributed by atoms with Crippen molar-refractivity contribution in [2.24, 2.45) is 0 Å². The van der Waals surface area contributed by atoms with Gasteiger partial charge in [0.25, 0.3) is 11.8 Å². The van der Waals surface area contributed by atoms with Gasteiger partial charge in [-0.05, 0) is 48.0 Å². The van der Waals surface area contributed by atoms with Gasteiger partial charge in [0, 0.05) is 31.1 Å². The van der Waals surface area contributed by atoms with Gasteiger partial charge in [0.2, 0.25) is 0 Å². The van der Waals surface area contributed by atoms with Crippen LogP contribution in [0.2, 0.25) is 0 Å². The summed E-state index contributed by atoms with van der Waals surface area (Å²) in [5, 5.41) is 0. The van der Waals surface area contributed by atoms with E-state index in [0.29, 0.717) is 50.0 Å². The van der Waals surface area contributed by atoms with Crippen LogP contribution in [0.4, 0.5) is 0 Å². The van der Waals surface area contributed by atoms with E-state index in [1.165, 1.54) is 17.6 Å². The van der Waals surface area contributed by atoms with Crippen LogP contribution in [-0.2, 0) is 0 Å². The van der Waals surface area contributed by atoms with Crippen molar-refractivity contribution >= 4 is 23.2 Å². The minimum Gasteiger partial charge on any atom is -0.486 e. The lowest BCUT2D eigenvalue weighted by molar-refractivity contribution is 0.0520. The molecule has 2 amide bonds. The van der Waals surface area contributed by atoms with Crippen LogP contribution in [0.3, 0.4) is 0 Å². The topological polar surface area (TPSA) is 72.2 Å². The van der Waals surface area contributed by atoms with E-state index in [1.807, 2.05) is 30.3 Å². The Hall–Kier alpha value is -3.26. The van der Waals surface area contributed by atoms with Crippen molar-refractivity contribution in [1.29, 1.82) is 0 Å². The average molecular weight is 424 g/mol. The van der Waals surface area contributed by atoms with Crippen LogP contribution in [0.1, 0.15) is 20.2 Å². The number of benzene rings is 1. The van der Waals surface area contributed by atoms with Crippen molar-refractivity contribution in [2.75, 3.05) is 39.4 Å². The van der Waals surface area contributed by atoms with E-state index in [0.717, 1.165) is 21.9 Å². The molecule has 0 spiro atoms. The summed E-state index contributed by atoms with van der Waals surface area (Å²) >= 11 is 1.46. The van der Waals surface area contributed by atoms with Gasteiger partial charge in [0.15, 0.2) is 17.3 Å². The quantitative estimate of drug-likeness (QED) is 0.645. The van der Waals surface area contributed by atoms with E-state index < -0.39 is 0 Å². The summed E-state index contributed by atoms with van der Waals surface area (Å²) in [6.45, 7) is 3.09. The third kappa shape index (κ3) is 3.54. The van der Waals surface area contributed by atoms with Crippen molar-refractivity contribution in [3.63, 3.8) is 0 Å². The molecule has 8 heteroatoms. The second kappa shape index (κ2) is 7.87. The predicted molar refractivity (Wildman–Crippen MR) is 111 cm³/mol. The molecule has 7 nitrogen and oxygen atoms in total. The maximum atomic E-state index is 13.0. The summed E-state index contributed by atoms with van der Waals surface area (Å²) in [5.74, 6) is 1.67. The number of fused-ring (bicyclic) bond motifs is 1. The number of rotatable bonds is 3. The number of amides is 2. The van der Waals surface area contributed by atoms with Gasteiger partial charge in [-0.3, -0.25) is 9.59 Å². The summed E-state index contributed by atoms with van der Waals surface area (Å²) in [6, 6.07) is 13.0. The molecule has 1 fully saturated rings. The van der Waals surface area contributed by atoms with Gasteiger partial charge in [0.1, 0.15) is 13.2 Å². The first-order valence-corrected chi connectivity index (χ1v) is 10.6. The molecule has 30 heavy (non-hydrogen) atoms. The summed E-state index contributed by atoms with van der Waals surface area (Å²) in [5.41, 5.74) is 0.997. The molecule has 5 rings (SSSR count). The van der Waals surface area contributed by atoms with E-state index >= 15 is 0 Å². The Balaban J connectivity index is 1.25. The monoisotopic (exact) mass is 424 g/mol. The van der Waals surface area contributed by atoms with E-state index in [2.05, 4.69) is 0 Å². The Morgan fingerprint density at radius 2 is 1.57 bits per heavy atom. The lowest BCUT2D eigenvalue weighted by Crippen LogP contribution is -2.50. The summed E-state index contributed by atoms with van der Waals surface area (Å²) in [6.07, 6.45) is 1.49. The van der Waals surface area contributed by atoms with E-state index in [1.54, 1.807) is 21.9 Å². The fraction of sp³-hybridized carbons (Fsp3) is 0.273. The lowest BCUT2D eigenvalue weighted by Gasteiger charge is -2.34. The third-order valence-electron chi connectivity index (χ3n) is 5.23. The van der Waals surface area contributed by atoms with Crippen molar-refractivity contribution < 1.29 is 23.5 Å². The standard InChI is InChI=1S/C22H20N2O5S/c25-21(17-2-1-11-27-17)23-7-9-24(10-8-23)22(26)20-6-5-19(30-20)15-3-4-16-18(14-15)29-13-12-28-16/h1-6,11,14H,7-10,12-13H2. The van der Waals surface area contributed by atoms with E-state index in [-0.39, 0.29) is 11.8 Å². The molecule has 4 heterocycles. The first-order chi connectivity index (χ1) is 14.7. The molecule has 0 N–H and O–H groups in total. The fourth-order valence-electron chi connectivity index (χ4n) is 3.63. The number of carbonyl (C=O) groups excluding carboxylic acids is 2. The molecule has 0 aliphatic carbocycles. The molecule has 1 saturated heterocycles. The molecule has 2 aromatic heterocycles. The molecule has 0 atom stereocenters. The number of piperazine rings is 1. The molecule has 0 radical (unpaired) electrons. The van der Waals surface area contributed by atoms with Crippen LogP contribution >= 0.6 is 11.3 Å². The summed E-state index contributed by atoms with van der Waals surface area (Å²) in [7, 11) is 0. The number of hydrogen-bond acceptors (Lipinski definition) is 6. The Bertz CT molecular complexity index is 1070. The summed E-state index contributed by atoms with van der Waals surface area (Å²) < 4.78 is 16.4. The minimum atomic E-state index is -0.135. The first kappa shape index (κ1) is 18.7. The molecule has 1 aromatic carbocycles. The molecule has 0 unspecified atom stereocenters. The normalized spacial score (nSPS) is 15.9. The highest BCUT2D eigenvalue weighted by molar-refractivity contribution is 7.17. The van der Waals surface area contributed by atoms with Gasteiger partial charge in [-0.15, -0.1) is 11.3 Å². The van der Waals surface area contributed by atoms with E-state index in [4.69, 9.17) is 13.9 Å². The molecule has 3 aromatic rings. The summed E-state index contributed by atoms with van der Waals surface area (Å²) in [4.78, 5) is 30.5. The van der Waals surface area contributed by atoms with Crippen molar-refractivity contribution in [3.8, 4) is 21.9 Å². The number of hydrogen-bond donors (Lipinski definition) is 0. The first-order valence-electron chi connectivity index (χ1n) is 9.81. The van der Waals surface area contributed by atoms with Crippen molar-refractivity contribution in [1.82, 2.24) is 9.80 Å². The number of nitrogens with zero attached hydrogens (tertiary/aromatic N) is 2. The number of carbonyl (C=O) groups is 2. The smallest absolute Gasteiger partial charge is 0.289 e. The van der Waals surface area contributed by atoms with Gasteiger partial charge >= 0.3 is 0 Å². The minimum absolute atomic E-state index is 0.00566. The van der Waals surface area contributed by atoms with Gasteiger partial charge in [-0.1, -0.05) is 0 Å². The number of ether oxygens (including phenoxy) is 2. The second-order valence-corrected chi connectivity index (χ2v) is 8.17. The highest BCUT2D eigenvalue weighted by atomic mass is 32.1. The van der Waals surface area contributed by atoms with Crippen LogP contribution < -0.4 is 9.47 Å². The Morgan fingerprint density at radius 1 is 0.833 bits per heavy atom. The average Bonchev–Trinajstić information content (AvgIpc) is 3.50. The lowest BCUT2D eigenvalue weighted by atomic mass is 10.1. The highest BCUT2D eigenvalue weighted by Crippen LogP contribution is 2.37. The van der Waals surface area contributed by atoms with Gasteiger partial charge in [0.05, 0.1) is 11.1 Å². The Kier molecular flexibility index (Phi) is 4.92. The largest absolute Gasteiger partial charge is 0.486 e. The maximum absolute atomic E-state index is 13.0. The Morgan fingerprint density at radius 3 is 2.30 bits per heavy atom. The SMILES string of the molecule is O=C(c1ccco1)N1CCN(C(=O)c2ccc(-c3ccc4c(c3)OCCO4)s2)CC1. The van der Waals surface area contributed by atoms with Crippen LogP contribution in [0.5, 0.6) is 11.5 Å². The van der Waals surface area contributed by atoms with Crippen LogP contribution in [0.25, 0.3) is 10.4 Å². The Labute approximate surface area is 177 Å².